The van der Waals surface area contributed by atoms with Gasteiger partial charge in [0.05, 0.1) is 17.3 Å². The molecule has 4 rings (SSSR count). The number of carbonyl (C=O) groups is 1. The van der Waals surface area contributed by atoms with Crippen LogP contribution < -0.4 is 4.90 Å². The molecule has 0 aliphatic carbocycles. The van der Waals surface area contributed by atoms with Crippen LogP contribution in [0.15, 0.2) is 47.1 Å². The highest BCUT2D eigenvalue weighted by molar-refractivity contribution is 5.91. The summed E-state index contributed by atoms with van der Waals surface area (Å²) in [7, 11) is 2.03. The largest absolute Gasteiger partial charge is 0.459 e. The number of aryl methyl sites for hydroxylation is 1. The molecule has 23 heavy (non-hydrogen) atoms. The molecule has 1 saturated heterocycles. The first-order chi connectivity index (χ1) is 11.2. The molecule has 3 heterocycles. The Morgan fingerprint density at radius 2 is 1.87 bits per heavy atom. The Morgan fingerprint density at radius 3 is 2.57 bits per heavy atom. The Balaban J connectivity index is 1.51. The van der Waals surface area contributed by atoms with E-state index in [0.717, 1.165) is 30.1 Å². The molecule has 0 bridgehead atoms. The van der Waals surface area contributed by atoms with E-state index in [-0.39, 0.29) is 5.91 Å². The zero-order valence-corrected chi connectivity index (χ0v) is 13.0. The standard InChI is InChI=1S/C17H18N4O2/c1-19-14-6-3-2-5-13(14)18-17(19)21-10-8-20(9-11-21)16(22)15-7-4-12-23-15/h2-7,12H,8-11H2,1H3. The van der Waals surface area contributed by atoms with Gasteiger partial charge in [-0.2, -0.15) is 0 Å². The number of furan rings is 1. The second-order valence-corrected chi connectivity index (χ2v) is 5.72. The van der Waals surface area contributed by atoms with Crippen molar-refractivity contribution in [2.45, 2.75) is 0 Å². The van der Waals surface area contributed by atoms with Crippen molar-refractivity contribution in [3.05, 3.63) is 48.4 Å². The van der Waals surface area contributed by atoms with Gasteiger partial charge < -0.3 is 18.8 Å². The zero-order chi connectivity index (χ0) is 15.8. The topological polar surface area (TPSA) is 54.5 Å². The molecule has 3 aromatic rings. The molecular formula is C17H18N4O2. The number of benzene rings is 1. The van der Waals surface area contributed by atoms with Crippen LogP contribution in [0.5, 0.6) is 0 Å². The van der Waals surface area contributed by atoms with Gasteiger partial charge in [0.1, 0.15) is 0 Å². The number of imidazole rings is 1. The third-order valence-electron chi connectivity index (χ3n) is 4.35. The number of hydrogen-bond donors (Lipinski definition) is 0. The van der Waals surface area contributed by atoms with Crippen molar-refractivity contribution >= 4 is 22.9 Å². The van der Waals surface area contributed by atoms with E-state index in [0.29, 0.717) is 18.8 Å². The van der Waals surface area contributed by atoms with Crippen LogP contribution in [0.3, 0.4) is 0 Å². The van der Waals surface area contributed by atoms with Crippen LogP contribution in [-0.2, 0) is 7.05 Å². The average Bonchev–Trinajstić information content (AvgIpc) is 3.23. The lowest BCUT2D eigenvalue weighted by Crippen LogP contribution is -2.49. The lowest BCUT2D eigenvalue weighted by molar-refractivity contribution is 0.0714. The molecule has 0 spiro atoms. The summed E-state index contributed by atoms with van der Waals surface area (Å²) >= 11 is 0. The molecule has 0 radical (unpaired) electrons. The summed E-state index contributed by atoms with van der Waals surface area (Å²) in [5.41, 5.74) is 2.12. The summed E-state index contributed by atoms with van der Waals surface area (Å²) < 4.78 is 7.31. The van der Waals surface area contributed by atoms with E-state index in [1.54, 1.807) is 12.1 Å². The van der Waals surface area contributed by atoms with Gasteiger partial charge in [0.25, 0.3) is 5.91 Å². The summed E-state index contributed by atoms with van der Waals surface area (Å²) in [5, 5.41) is 0. The number of carbonyl (C=O) groups excluding carboxylic acids is 1. The lowest BCUT2D eigenvalue weighted by atomic mass is 10.3. The molecule has 6 nitrogen and oxygen atoms in total. The Labute approximate surface area is 133 Å². The van der Waals surface area contributed by atoms with Crippen molar-refractivity contribution in [1.29, 1.82) is 0 Å². The molecule has 6 heteroatoms. The highest BCUT2D eigenvalue weighted by Gasteiger charge is 2.25. The van der Waals surface area contributed by atoms with Gasteiger partial charge >= 0.3 is 0 Å². The molecule has 1 aliphatic rings. The molecule has 118 valence electrons. The fraction of sp³-hybridized carbons (Fsp3) is 0.294. The number of amides is 1. The normalized spacial score (nSPS) is 15.3. The summed E-state index contributed by atoms with van der Waals surface area (Å²) in [6.45, 7) is 2.87. The first kappa shape index (κ1) is 13.9. The van der Waals surface area contributed by atoms with E-state index in [2.05, 4.69) is 15.5 Å². The third-order valence-corrected chi connectivity index (χ3v) is 4.35. The number of nitrogens with zero attached hydrogens (tertiary/aromatic N) is 4. The Morgan fingerprint density at radius 1 is 1.09 bits per heavy atom. The fourth-order valence-corrected chi connectivity index (χ4v) is 3.08. The summed E-state index contributed by atoms with van der Waals surface area (Å²) in [6.07, 6.45) is 1.53. The number of hydrogen-bond acceptors (Lipinski definition) is 4. The Bertz CT molecular complexity index is 830. The first-order valence-electron chi connectivity index (χ1n) is 7.73. The van der Waals surface area contributed by atoms with Crippen LogP contribution in [0, 0.1) is 0 Å². The minimum absolute atomic E-state index is 0.0420. The van der Waals surface area contributed by atoms with Crippen molar-refractivity contribution in [3.8, 4) is 0 Å². The molecule has 2 aromatic heterocycles. The maximum absolute atomic E-state index is 12.3. The van der Waals surface area contributed by atoms with E-state index < -0.39 is 0 Å². The molecule has 1 fully saturated rings. The number of piperazine rings is 1. The molecule has 0 N–H and O–H groups in total. The summed E-state index contributed by atoms with van der Waals surface area (Å²) in [6, 6.07) is 11.6. The second kappa shape index (κ2) is 5.46. The minimum atomic E-state index is -0.0420. The van der Waals surface area contributed by atoms with Crippen LogP contribution in [0.2, 0.25) is 0 Å². The maximum atomic E-state index is 12.3. The monoisotopic (exact) mass is 310 g/mol. The van der Waals surface area contributed by atoms with E-state index in [4.69, 9.17) is 9.40 Å². The van der Waals surface area contributed by atoms with Gasteiger partial charge in [-0.1, -0.05) is 12.1 Å². The highest BCUT2D eigenvalue weighted by Crippen LogP contribution is 2.22. The molecule has 0 atom stereocenters. The van der Waals surface area contributed by atoms with Crippen LogP contribution in [-0.4, -0.2) is 46.5 Å². The van der Waals surface area contributed by atoms with Gasteiger partial charge in [0.15, 0.2) is 5.76 Å². The van der Waals surface area contributed by atoms with Crippen molar-refractivity contribution in [1.82, 2.24) is 14.5 Å². The van der Waals surface area contributed by atoms with E-state index >= 15 is 0 Å². The van der Waals surface area contributed by atoms with E-state index in [9.17, 15) is 4.79 Å². The quantitative estimate of drug-likeness (QED) is 0.727. The van der Waals surface area contributed by atoms with Crippen molar-refractivity contribution in [2.75, 3.05) is 31.1 Å². The van der Waals surface area contributed by atoms with E-state index in [1.165, 1.54) is 6.26 Å². The molecule has 0 unspecified atom stereocenters. The Hall–Kier alpha value is -2.76. The van der Waals surface area contributed by atoms with Crippen molar-refractivity contribution < 1.29 is 9.21 Å². The number of rotatable bonds is 2. The van der Waals surface area contributed by atoms with Gasteiger partial charge in [-0.15, -0.1) is 0 Å². The SMILES string of the molecule is Cn1c(N2CCN(C(=O)c3ccco3)CC2)nc2ccccc21. The van der Waals surface area contributed by atoms with Gasteiger partial charge in [0, 0.05) is 33.2 Å². The fourth-order valence-electron chi connectivity index (χ4n) is 3.08. The minimum Gasteiger partial charge on any atom is -0.459 e. The van der Waals surface area contributed by atoms with Crippen molar-refractivity contribution in [2.24, 2.45) is 7.05 Å². The van der Waals surface area contributed by atoms with Gasteiger partial charge in [-0.3, -0.25) is 4.79 Å². The van der Waals surface area contributed by atoms with Crippen LogP contribution in [0.25, 0.3) is 11.0 Å². The summed E-state index contributed by atoms with van der Waals surface area (Å²) in [4.78, 5) is 21.1. The number of aromatic nitrogens is 2. The Kier molecular flexibility index (Phi) is 3.29. The molecule has 1 aromatic carbocycles. The third kappa shape index (κ3) is 2.36. The van der Waals surface area contributed by atoms with Crippen LogP contribution in [0.4, 0.5) is 5.95 Å². The van der Waals surface area contributed by atoms with Crippen molar-refractivity contribution in [3.63, 3.8) is 0 Å². The van der Waals surface area contributed by atoms with Crippen LogP contribution in [0.1, 0.15) is 10.6 Å². The predicted octanol–water partition coefficient (Wildman–Crippen LogP) is 2.13. The van der Waals surface area contributed by atoms with E-state index in [1.807, 2.05) is 30.1 Å². The number of fused-ring (bicyclic) bond motifs is 1. The zero-order valence-electron chi connectivity index (χ0n) is 13.0. The lowest BCUT2D eigenvalue weighted by Gasteiger charge is -2.34. The molecule has 0 saturated carbocycles. The highest BCUT2D eigenvalue weighted by atomic mass is 16.3. The second-order valence-electron chi connectivity index (χ2n) is 5.72. The van der Waals surface area contributed by atoms with Crippen LogP contribution >= 0.6 is 0 Å². The van der Waals surface area contributed by atoms with Gasteiger partial charge in [0.2, 0.25) is 5.95 Å². The molecular weight excluding hydrogens is 292 g/mol. The predicted molar refractivity (Wildman–Crippen MR) is 87.5 cm³/mol. The number of para-hydroxylation sites is 2. The molecule has 1 aliphatic heterocycles. The smallest absolute Gasteiger partial charge is 0.289 e. The average molecular weight is 310 g/mol. The van der Waals surface area contributed by atoms with Gasteiger partial charge in [-0.05, 0) is 24.3 Å². The van der Waals surface area contributed by atoms with Gasteiger partial charge in [-0.25, -0.2) is 4.98 Å². The first-order valence-corrected chi connectivity index (χ1v) is 7.73. The number of anilines is 1. The summed E-state index contributed by atoms with van der Waals surface area (Å²) in [5.74, 6) is 1.32. The maximum Gasteiger partial charge on any atom is 0.289 e. The molecule has 1 amide bonds.